The quantitative estimate of drug-likeness (QED) is 0.858. The van der Waals surface area contributed by atoms with Crippen LogP contribution in [-0.2, 0) is 6.42 Å². The molecule has 7 nitrogen and oxygen atoms in total. The maximum Gasteiger partial charge on any atom is 0.268 e. The number of hydrogen-bond donors (Lipinski definition) is 2. The van der Waals surface area contributed by atoms with E-state index in [-0.39, 0.29) is 11.9 Å². The molecule has 0 aliphatic rings. The molecule has 0 fully saturated rings. The molecule has 0 atom stereocenters. The number of amides is 1. The molecule has 2 rings (SSSR count). The molecule has 20 heavy (non-hydrogen) atoms. The van der Waals surface area contributed by atoms with Gasteiger partial charge in [-0.05, 0) is 19.9 Å². The fourth-order valence-electron chi connectivity index (χ4n) is 1.93. The van der Waals surface area contributed by atoms with Crippen molar-refractivity contribution in [2.45, 2.75) is 33.2 Å². The second-order valence-electron chi connectivity index (χ2n) is 4.90. The lowest BCUT2D eigenvalue weighted by Crippen LogP contribution is -2.28. The van der Waals surface area contributed by atoms with E-state index in [4.69, 9.17) is 10.3 Å². The third-order valence-electron chi connectivity index (χ3n) is 2.86. The highest BCUT2D eigenvalue weighted by Gasteiger charge is 2.14. The van der Waals surface area contributed by atoms with Crippen LogP contribution in [-0.4, -0.2) is 27.2 Å². The fourth-order valence-corrected chi connectivity index (χ4v) is 1.93. The van der Waals surface area contributed by atoms with Gasteiger partial charge >= 0.3 is 0 Å². The second kappa shape index (κ2) is 5.77. The fraction of sp³-hybridized carbons (Fsp3) is 0.462. The molecular formula is C13H19N5O2. The van der Waals surface area contributed by atoms with Gasteiger partial charge in [-0.1, -0.05) is 5.16 Å². The molecule has 2 heterocycles. The highest BCUT2D eigenvalue weighted by Crippen LogP contribution is 2.16. The first kappa shape index (κ1) is 14.1. The first-order chi connectivity index (χ1) is 9.47. The summed E-state index contributed by atoms with van der Waals surface area (Å²) in [6.45, 7) is 6.17. The van der Waals surface area contributed by atoms with E-state index in [9.17, 15) is 4.79 Å². The van der Waals surface area contributed by atoms with Crippen LogP contribution in [0.5, 0.6) is 0 Å². The van der Waals surface area contributed by atoms with Crippen molar-refractivity contribution >= 4 is 11.6 Å². The summed E-state index contributed by atoms with van der Waals surface area (Å²) in [7, 11) is 0. The van der Waals surface area contributed by atoms with Crippen LogP contribution in [0.2, 0.25) is 0 Å². The summed E-state index contributed by atoms with van der Waals surface area (Å²) < 4.78 is 6.72. The number of nitrogens with two attached hydrogens (primary N) is 1. The van der Waals surface area contributed by atoms with E-state index in [1.54, 1.807) is 19.2 Å². The van der Waals surface area contributed by atoms with E-state index in [2.05, 4.69) is 15.5 Å². The summed E-state index contributed by atoms with van der Waals surface area (Å²) in [5.74, 6) is 0.949. The Balaban J connectivity index is 1.95. The molecule has 7 heteroatoms. The van der Waals surface area contributed by atoms with Gasteiger partial charge in [0.1, 0.15) is 5.69 Å². The van der Waals surface area contributed by atoms with Crippen LogP contribution in [0, 0.1) is 6.92 Å². The number of nitrogens with zero attached hydrogens (tertiary/aromatic N) is 3. The zero-order chi connectivity index (χ0) is 14.7. The summed E-state index contributed by atoms with van der Waals surface area (Å²) in [6, 6.07) is 1.85. The summed E-state index contributed by atoms with van der Waals surface area (Å²) >= 11 is 0. The van der Waals surface area contributed by atoms with Crippen LogP contribution in [0.25, 0.3) is 0 Å². The summed E-state index contributed by atoms with van der Waals surface area (Å²) in [6.07, 6.45) is 2.29. The van der Waals surface area contributed by atoms with E-state index < -0.39 is 0 Å². The first-order valence-electron chi connectivity index (χ1n) is 6.52. The molecule has 108 valence electrons. The maximum absolute atomic E-state index is 12.1. The van der Waals surface area contributed by atoms with Gasteiger partial charge < -0.3 is 20.1 Å². The number of aryl methyl sites for hydroxylation is 1. The molecule has 2 aromatic rings. The zero-order valence-electron chi connectivity index (χ0n) is 11.9. The Bertz CT molecular complexity index is 600. The number of carbonyl (C=O) groups excluding carboxylic acids is 1. The van der Waals surface area contributed by atoms with E-state index >= 15 is 0 Å². The molecule has 0 aliphatic carbocycles. The normalized spacial score (nSPS) is 11.0. The minimum Gasteiger partial charge on any atom is -0.397 e. The molecule has 1 amide bonds. The van der Waals surface area contributed by atoms with Gasteiger partial charge in [-0.15, -0.1) is 0 Å². The molecule has 3 N–H and O–H groups in total. The van der Waals surface area contributed by atoms with Crippen LogP contribution in [0.4, 0.5) is 5.69 Å². The minimum absolute atomic E-state index is 0.157. The van der Waals surface area contributed by atoms with Gasteiger partial charge in [0, 0.05) is 32.1 Å². The van der Waals surface area contributed by atoms with Crippen molar-refractivity contribution in [1.29, 1.82) is 0 Å². The lowest BCUT2D eigenvalue weighted by Gasteiger charge is -2.12. The molecule has 0 aliphatic heterocycles. The van der Waals surface area contributed by atoms with E-state index in [1.165, 1.54) is 0 Å². The van der Waals surface area contributed by atoms with Gasteiger partial charge in [0.05, 0.1) is 5.69 Å². The SMILES string of the molecule is Cc1nc(CCNC(=O)c2cc(N)cn2C(C)C)no1. The molecular weight excluding hydrogens is 258 g/mol. The van der Waals surface area contributed by atoms with E-state index in [0.717, 1.165) is 0 Å². The Morgan fingerprint density at radius 3 is 2.90 bits per heavy atom. The van der Waals surface area contributed by atoms with Gasteiger partial charge in [-0.2, -0.15) is 4.98 Å². The number of carbonyl (C=O) groups is 1. The van der Waals surface area contributed by atoms with Gasteiger partial charge in [0.25, 0.3) is 5.91 Å². The standard InChI is InChI=1S/C13H19N5O2/c1-8(2)18-7-10(14)6-11(18)13(19)15-5-4-12-16-9(3)20-17-12/h6-8H,4-5,14H2,1-3H3,(H,15,19). The van der Waals surface area contributed by atoms with Crippen molar-refractivity contribution in [3.8, 4) is 0 Å². The van der Waals surface area contributed by atoms with Crippen LogP contribution < -0.4 is 11.1 Å². The van der Waals surface area contributed by atoms with Gasteiger partial charge in [0.15, 0.2) is 5.82 Å². The number of nitrogens with one attached hydrogen (secondary N) is 1. The number of anilines is 1. The largest absolute Gasteiger partial charge is 0.397 e. The lowest BCUT2D eigenvalue weighted by atomic mass is 10.3. The summed E-state index contributed by atoms with van der Waals surface area (Å²) in [5.41, 5.74) is 6.88. The summed E-state index contributed by atoms with van der Waals surface area (Å²) in [5, 5.41) is 6.60. The van der Waals surface area contributed by atoms with Crippen LogP contribution in [0.3, 0.4) is 0 Å². The van der Waals surface area contributed by atoms with Gasteiger partial charge in [-0.3, -0.25) is 4.79 Å². The van der Waals surface area contributed by atoms with Crippen molar-refractivity contribution in [3.63, 3.8) is 0 Å². The monoisotopic (exact) mass is 277 g/mol. The smallest absolute Gasteiger partial charge is 0.268 e. The predicted molar refractivity (Wildman–Crippen MR) is 74.3 cm³/mol. The van der Waals surface area contributed by atoms with Crippen molar-refractivity contribution in [2.75, 3.05) is 12.3 Å². The predicted octanol–water partition coefficient (Wildman–Crippen LogP) is 1.32. The molecule has 0 saturated heterocycles. The van der Waals surface area contributed by atoms with Crippen molar-refractivity contribution in [2.24, 2.45) is 0 Å². The first-order valence-corrected chi connectivity index (χ1v) is 6.52. The number of aromatic nitrogens is 3. The maximum atomic E-state index is 12.1. The average molecular weight is 277 g/mol. The zero-order valence-corrected chi connectivity index (χ0v) is 11.9. The van der Waals surface area contributed by atoms with E-state index in [0.29, 0.717) is 36.1 Å². The number of nitrogen functional groups attached to an aromatic ring is 1. The van der Waals surface area contributed by atoms with Crippen LogP contribution in [0.1, 0.15) is 42.1 Å². The van der Waals surface area contributed by atoms with E-state index in [1.807, 2.05) is 18.4 Å². The Labute approximate surface area is 117 Å². The molecule has 0 aromatic carbocycles. The minimum atomic E-state index is -0.157. The third-order valence-corrected chi connectivity index (χ3v) is 2.86. The Kier molecular flexibility index (Phi) is 4.07. The number of hydrogen-bond acceptors (Lipinski definition) is 5. The molecule has 0 radical (unpaired) electrons. The Hall–Kier alpha value is -2.31. The van der Waals surface area contributed by atoms with Gasteiger partial charge in [0.2, 0.25) is 5.89 Å². The van der Waals surface area contributed by atoms with Crippen LogP contribution >= 0.6 is 0 Å². The highest BCUT2D eigenvalue weighted by molar-refractivity contribution is 5.93. The Morgan fingerprint density at radius 2 is 2.30 bits per heavy atom. The lowest BCUT2D eigenvalue weighted by molar-refractivity contribution is 0.0943. The molecule has 2 aromatic heterocycles. The van der Waals surface area contributed by atoms with Gasteiger partial charge in [-0.25, -0.2) is 0 Å². The molecule has 0 bridgehead atoms. The highest BCUT2D eigenvalue weighted by atomic mass is 16.5. The summed E-state index contributed by atoms with van der Waals surface area (Å²) in [4.78, 5) is 16.2. The second-order valence-corrected chi connectivity index (χ2v) is 4.90. The Morgan fingerprint density at radius 1 is 1.55 bits per heavy atom. The third kappa shape index (κ3) is 3.17. The van der Waals surface area contributed by atoms with Crippen molar-refractivity contribution in [1.82, 2.24) is 20.0 Å². The number of rotatable bonds is 5. The van der Waals surface area contributed by atoms with Crippen molar-refractivity contribution in [3.05, 3.63) is 29.7 Å². The molecule has 0 unspecified atom stereocenters. The van der Waals surface area contributed by atoms with Crippen LogP contribution in [0.15, 0.2) is 16.8 Å². The van der Waals surface area contributed by atoms with Crippen molar-refractivity contribution < 1.29 is 9.32 Å². The molecule has 0 spiro atoms. The topological polar surface area (TPSA) is 99.0 Å². The average Bonchev–Trinajstić information content (AvgIpc) is 2.95. The molecule has 0 saturated carbocycles.